The van der Waals surface area contributed by atoms with Crippen molar-refractivity contribution in [2.24, 2.45) is 0 Å². The average Bonchev–Trinajstić information content (AvgIpc) is 2.49. The van der Waals surface area contributed by atoms with Crippen LogP contribution >= 0.6 is 0 Å². The molecule has 0 aliphatic carbocycles. The maximum Gasteiger partial charge on any atom is 0.335 e. The number of hydroxylamine groups is 1. The van der Waals surface area contributed by atoms with E-state index < -0.39 is 26.5 Å². The van der Waals surface area contributed by atoms with E-state index in [0.717, 1.165) is 0 Å². The first-order valence-electron chi connectivity index (χ1n) is 6.50. The first-order valence-corrected chi connectivity index (χ1v) is 7.98. The number of rotatable bonds is 3. The van der Waals surface area contributed by atoms with Crippen LogP contribution in [0.5, 0.6) is 0 Å². The monoisotopic (exact) mass is 328 g/mol. The van der Waals surface area contributed by atoms with E-state index in [1.807, 2.05) is 0 Å². The van der Waals surface area contributed by atoms with Crippen LogP contribution in [-0.2, 0) is 14.6 Å². The van der Waals surface area contributed by atoms with E-state index in [9.17, 15) is 18.0 Å². The summed E-state index contributed by atoms with van der Waals surface area (Å²) < 4.78 is 23.6. The van der Waals surface area contributed by atoms with Gasteiger partial charge in [-0.1, -0.05) is 0 Å². The quantitative estimate of drug-likeness (QED) is 0.537. The maximum absolute atomic E-state index is 12.7. The van der Waals surface area contributed by atoms with Gasteiger partial charge in [-0.05, 0) is 32.0 Å². The van der Waals surface area contributed by atoms with Gasteiger partial charge in [-0.15, -0.1) is 0 Å². The Labute approximate surface area is 127 Å². The second-order valence-corrected chi connectivity index (χ2v) is 7.52. The number of fused-ring (bicyclic) bond motifs is 1. The van der Waals surface area contributed by atoms with Crippen LogP contribution in [0.15, 0.2) is 23.1 Å². The fourth-order valence-corrected chi connectivity index (χ4v) is 4.31. The number of sulfone groups is 1. The minimum atomic E-state index is -4.09. The molecule has 1 unspecified atom stereocenters. The number of hydrogen-bond donors (Lipinski definition) is 3. The number of benzene rings is 1. The van der Waals surface area contributed by atoms with Gasteiger partial charge < -0.3 is 10.0 Å². The second kappa shape index (κ2) is 5.25. The second-order valence-electron chi connectivity index (χ2n) is 5.18. The fraction of sp³-hybridized carbons (Fsp3) is 0.385. The van der Waals surface area contributed by atoms with Crippen LogP contribution in [0.3, 0.4) is 0 Å². The minimum absolute atomic E-state index is 0.0392. The molecule has 1 aromatic rings. The van der Waals surface area contributed by atoms with E-state index in [4.69, 9.17) is 10.3 Å². The van der Waals surface area contributed by atoms with E-state index >= 15 is 0 Å². The molecule has 9 heteroatoms. The smallest absolute Gasteiger partial charge is 0.335 e. The molecule has 8 nitrogen and oxygen atoms in total. The first kappa shape index (κ1) is 16.2. The van der Waals surface area contributed by atoms with Crippen molar-refractivity contribution in [1.29, 1.82) is 0 Å². The van der Waals surface area contributed by atoms with Crippen LogP contribution in [0, 0.1) is 0 Å². The summed E-state index contributed by atoms with van der Waals surface area (Å²) in [6, 6.07) is 3.63. The van der Waals surface area contributed by atoms with Gasteiger partial charge in [0.2, 0.25) is 0 Å². The molecule has 0 saturated carbocycles. The molecule has 1 atom stereocenters. The molecule has 1 amide bonds. The van der Waals surface area contributed by atoms with Crippen molar-refractivity contribution in [3.63, 3.8) is 0 Å². The van der Waals surface area contributed by atoms with Gasteiger partial charge in [0.25, 0.3) is 5.91 Å². The van der Waals surface area contributed by atoms with E-state index in [-0.39, 0.29) is 22.7 Å². The number of carboxylic acid groups (broad SMARTS) is 1. The molecule has 1 heterocycles. The molecule has 22 heavy (non-hydrogen) atoms. The van der Waals surface area contributed by atoms with Crippen molar-refractivity contribution in [3.05, 3.63) is 23.8 Å². The molecule has 0 spiro atoms. The SMILES string of the molecule is CCN1CC(C)(C(=O)NO)S(=O)(=O)c2ccc(C(=O)O)cc21. The lowest BCUT2D eigenvalue weighted by Gasteiger charge is -2.40. The molecule has 120 valence electrons. The Balaban J connectivity index is 2.73. The zero-order valence-corrected chi connectivity index (χ0v) is 12.8. The Bertz CT molecular complexity index is 745. The highest BCUT2D eigenvalue weighted by Crippen LogP contribution is 2.39. The molecule has 1 aliphatic heterocycles. The predicted octanol–water partition coefficient (Wildman–Crippen LogP) is 0.262. The van der Waals surface area contributed by atoms with Crippen LogP contribution in [0.1, 0.15) is 24.2 Å². The highest BCUT2D eigenvalue weighted by molar-refractivity contribution is 7.94. The number of aromatic carboxylic acids is 1. The zero-order valence-electron chi connectivity index (χ0n) is 12.0. The van der Waals surface area contributed by atoms with Crippen LogP contribution in [0.2, 0.25) is 0 Å². The van der Waals surface area contributed by atoms with Crippen LogP contribution in [-0.4, -0.2) is 48.4 Å². The number of nitrogens with zero attached hydrogens (tertiary/aromatic N) is 1. The topological polar surface area (TPSA) is 124 Å². The molecule has 0 saturated heterocycles. The number of hydrogen-bond acceptors (Lipinski definition) is 6. The number of nitrogens with one attached hydrogen (secondary N) is 1. The zero-order chi connectivity index (χ0) is 16.7. The number of carboxylic acids is 1. The number of carbonyl (C=O) groups is 2. The van der Waals surface area contributed by atoms with E-state index in [0.29, 0.717) is 6.54 Å². The molecule has 0 bridgehead atoms. The van der Waals surface area contributed by atoms with Crippen molar-refractivity contribution < 1.29 is 28.3 Å². The summed E-state index contributed by atoms with van der Waals surface area (Å²) in [6.07, 6.45) is 0. The summed E-state index contributed by atoms with van der Waals surface area (Å²) >= 11 is 0. The normalized spacial score (nSPS) is 22.8. The molecular formula is C13H16N2O6S. The third kappa shape index (κ3) is 2.13. The van der Waals surface area contributed by atoms with Crippen molar-refractivity contribution in [2.45, 2.75) is 23.5 Å². The van der Waals surface area contributed by atoms with Crippen molar-refractivity contribution in [1.82, 2.24) is 5.48 Å². The summed E-state index contributed by atoms with van der Waals surface area (Å²) in [5.41, 5.74) is 1.60. The van der Waals surface area contributed by atoms with E-state index in [1.54, 1.807) is 11.8 Å². The van der Waals surface area contributed by atoms with Gasteiger partial charge in [0.1, 0.15) is 0 Å². The largest absolute Gasteiger partial charge is 0.478 e. The Hall–Kier alpha value is -2.13. The fourth-order valence-electron chi connectivity index (χ4n) is 2.50. The van der Waals surface area contributed by atoms with Gasteiger partial charge in [-0.3, -0.25) is 10.0 Å². The van der Waals surface area contributed by atoms with Gasteiger partial charge in [-0.25, -0.2) is 18.7 Å². The molecule has 0 aromatic heterocycles. The highest BCUT2D eigenvalue weighted by Gasteiger charge is 2.52. The molecule has 1 aromatic carbocycles. The van der Waals surface area contributed by atoms with Gasteiger partial charge in [0, 0.05) is 13.1 Å². The summed E-state index contributed by atoms with van der Waals surface area (Å²) in [6.45, 7) is 3.17. The maximum atomic E-state index is 12.7. The highest BCUT2D eigenvalue weighted by atomic mass is 32.2. The average molecular weight is 328 g/mol. The van der Waals surface area contributed by atoms with E-state index in [1.165, 1.54) is 30.6 Å². The van der Waals surface area contributed by atoms with Crippen LogP contribution in [0.25, 0.3) is 0 Å². The Morgan fingerprint density at radius 1 is 1.41 bits per heavy atom. The van der Waals surface area contributed by atoms with Gasteiger partial charge in [-0.2, -0.15) is 0 Å². The standard InChI is InChI=1S/C13H16N2O6S/c1-3-15-7-13(2,12(18)14-19)22(20,21)10-5-4-8(11(16)17)6-9(10)15/h4-6,19H,3,7H2,1-2H3,(H,14,18)(H,16,17). The summed E-state index contributed by atoms with van der Waals surface area (Å²) in [5, 5.41) is 17.9. The molecule has 0 radical (unpaired) electrons. The Morgan fingerprint density at radius 3 is 2.55 bits per heavy atom. The molecular weight excluding hydrogens is 312 g/mol. The number of anilines is 1. The minimum Gasteiger partial charge on any atom is -0.478 e. The number of carbonyl (C=O) groups excluding carboxylic acids is 1. The molecule has 3 N–H and O–H groups in total. The lowest BCUT2D eigenvalue weighted by Crippen LogP contribution is -2.59. The van der Waals surface area contributed by atoms with Crippen molar-refractivity contribution in [3.8, 4) is 0 Å². The summed E-state index contributed by atoms with van der Waals surface area (Å²) in [5.74, 6) is -2.20. The lowest BCUT2D eigenvalue weighted by atomic mass is 10.1. The van der Waals surface area contributed by atoms with Crippen molar-refractivity contribution >= 4 is 27.4 Å². The molecule has 2 rings (SSSR count). The van der Waals surface area contributed by atoms with Crippen LogP contribution in [0.4, 0.5) is 5.69 Å². The first-order chi connectivity index (χ1) is 10.2. The van der Waals surface area contributed by atoms with Gasteiger partial charge >= 0.3 is 5.97 Å². The Morgan fingerprint density at radius 2 is 2.05 bits per heavy atom. The van der Waals surface area contributed by atoms with Gasteiger partial charge in [0.05, 0.1) is 16.1 Å². The third-order valence-corrected chi connectivity index (χ3v) is 6.31. The number of amides is 1. The summed E-state index contributed by atoms with van der Waals surface area (Å²) in [7, 11) is -4.09. The lowest BCUT2D eigenvalue weighted by molar-refractivity contribution is -0.131. The van der Waals surface area contributed by atoms with Crippen molar-refractivity contribution in [2.75, 3.05) is 18.0 Å². The Kier molecular flexibility index (Phi) is 3.88. The molecule has 0 fully saturated rings. The van der Waals surface area contributed by atoms with Gasteiger partial charge in [0.15, 0.2) is 14.6 Å². The summed E-state index contributed by atoms with van der Waals surface area (Å²) in [4.78, 5) is 24.4. The third-order valence-electron chi connectivity index (χ3n) is 3.89. The predicted molar refractivity (Wildman–Crippen MR) is 76.8 cm³/mol. The van der Waals surface area contributed by atoms with Crippen LogP contribution < -0.4 is 10.4 Å². The molecule has 1 aliphatic rings. The van der Waals surface area contributed by atoms with E-state index in [2.05, 4.69) is 0 Å².